The number of aldehydes is 1. The number of carbonyl (C=O) groups is 1. The number of benzene rings is 2. The maximum atomic E-state index is 13.2. The summed E-state index contributed by atoms with van der Waals surface area (Å²) in [5.41, 5.74) is 0.972. The third kappa shape index (κ3) is 3.74. The van der Waals surface area contributed by atoms with E-state index < -0.39 is 0 Å². The number of rotatable bonds is 5. The van der Waals surface area contributed by atoms with Crippen molar-refractivity contribution in [3.05, 3.63) is 56.8 Å². The average molecular weight is 374 g/mol. The quantitative estimate of drug-likeness (QED) is 0.716. The molecular formula is C15H11BrClFO3. The molecular weight excluding hydrogens is 363 g/mol. The number of hydrogen-bond donors (Lipinski definition) is 0. The Morgan fingerprint density at radius 1 is 1.33 bits per heavy atom. The zero-order chi connectivity index (χ0) is 15.4. The zero-order valence-corrected chi connectivity index (χ0v) is 13.4. The second kappa shape index (κ2) is 6.91. The summed E-state index contributed by atoms with van der Waals surface area (Å²) in [7, 11) is 1.47. The molecule has 2 aromatic carbocycles. The van der Waals surface area contributed by atoms with Crippen molar-refractivity contribution < 1.29 is 18.7 Å². The molecule has 0 atom stereocenters. The van der Waals surface area contributed by atoms with Gasteiger partial charge in [0.1, 0.15) is 18.7 Å². The van der Waals surface area contributed by atoms with Crippen molar-refractivity contribution >= 4 is 33.8 Å². The van der Waals surface area contributed by atoms with Gasteiger partial charge in [0.2, 0.25) is 0 Å². The van der Waals surface area contributed by atoms with Crippen molar-refractivity contribution in [1.82, 2.24) is 0 Å². The minimum absolute atomic E-state index is 0.0754. The van der Waals surface area contributed by atoms with Crippen LogP contribution in [0.15, 0.2) is 34.8 Å². The first-order chi connectivity index (χ1) is 10.0. The summed E-state index contributed by atoms with van der Waals surface area (Å²) in [4.78, 5) is 10.8. The fourth-order valence-corrected chi connectivity index (χ4v) is 2.50. The Balaban J connectivity index is 2.27. The molecule has 0 fully saturated rings. The molecule has 0 bridgehead atoms. The lowest BCUT2D eigenvalue weighted by atomic mass is 10.2. The van der Waals surface area contributed by atoms with Crippen LogP contribution in [0.5, 0.6) is 11.5 Å². The molecule has 0 amide bonds. The van der Waals surface area contributed by atoms with Gasteiger partial charge < -0.3 is 9.47 Å². The smallest absolute Gasteiger partial charge is 0.175 e. The van der Waals surface area contributed by atoms with Crippen molar-refractivity contribution in [2.75, 3.05) is 7.11 Å². The molecule has 2 rings (SSSR count). The van der Waals surface area contributed by atoms with Gasteiger partial charge in [-0.05, 0) is 46.3 Å². The van der Waals surface area contributed by atoms with Crippen molar-refractivity contribution in [1.29, 1.82) is 0 Å². The van der Waals surface area contributed by atoms with Crippen LogP contribution < -0.4 is 9.47 Å². The van der Waals surface area contributed by atoms with Gasteiger partial charge in [-0.2, -0.15) is 0 Å². The lowest BCUT2D eigenvalue weighted by Crippen LogP contribution is -2.00. The van der Waals surface area contributed by atoms with Gasteiger partial charge >= 0.3 is 0 Å². The Bertz CT molecular complexity index is 676. The van der Waals surface area contributed by atoms with E-state index in [-0.39, 0.29) is 12.4 Å². The van der Waals surface area contributed by atoms with Crippen molar-refractivity contribution in [3.8, 4) is 11.5 Å². The standard InChI is InChI=1S/C15H11BrClFO3/c1-20-14-5-9(7-19)4-12(16)15(14)21-8-10-6-11(18)2-3-13(10)17/h2-7H,8H2,1H3. The molecule has 3 nitrogen and oxygen atoms in total. The third-order valence-electron chi connectivity index (χ3n) is 2.77. The second-order valence-electron chi connectivity index (χ2n) is 4.18. The van der Waals surface area contributed by atoms with Crippen LogP contribution in [0.2, 0.25) is 5.02 Å². The highest BCUT2D eigenvalue weighted by Crippen LogP contribution is 2.37. The normalized spacial score (nSPS) is 10.3. The van der Waals surface area contributed by atoms with Crippen LogP contribution in [-0.2, 0) is 6.61 Å². The fraction of sp³-hybridized carbons (Fsp3) is 0.133. The first kappa shape index (κ1) is 15.8. The summed E-state index contributed by atoms with van der Waals surface area (Å²) >= 11 is 9.30. The lowest BCUT2D eigenvalue weighted by Gasteiger charge is -2.14. The van der Waals surface area contributed by atoms with Crippen LogP contribution in [-0.4, -0.2) is 13.4 Å². The summed E-state index contributed by atoms with van der Waals surface area (Å²) in [6.45, 7) is 0.0754. The zero-order valence-electron chi connectivity index (χ0n) is 11.0. The molecule has 0 aliphatic carbocycles. The molecule has 0 aromatic heterocycles. The summed E-state index contributed by atoms with van der Waals surface area (Å²) < 4.78 is 24.6. The van der Waals surface area contributed by atoms with E-state index in [4.69, 9.17) is 21.1 Å². The molecule has 0 unspecified atom stereocenters. The highest BCUT2D eigenvalue weighted by atomic mass is 79.9. The predicted molar refractivity (Wildman–Crippen MR) is 81.8 cm³/mol. The molecule has 2 aromatic rings. The largest absolute Gasteiger partial charge is 0.493 e. The minimum Gasteiger partial charge on any atom is -0.493 e. The first-order valence-corrected chi connectivity index (χ1v) is 7.11. The van der Waals surface area contributed by atoms with Crippen LogP contribution >= 0.6 is 27.5 Å². The Labute approximate surface area is 134 Å². The topological polar surface area (TPSA) is 35.5 Å². The minimum atomic E-state index is -0.389. The number of halogens is 3. The van der Waals surface area contributed by atoms with E-state index >= 15 is 0 Å². The Hall–Kier alpha value is -1.59. The van der Waals surface area contributed by atoms with Gasteiger partial charge in [-0.1, -0.05) is 11.6 Å². The third-order valence-corrected chi connectivity index (χ3v) is 3.73. The van der Waals surface area contributed by atoms with E-state index in [0.717, 1.165) is 0 Å². The van der Waals surface area contributed by atoms with Gasteiger partial charge in [0, 0.05) is 16.1 Å². The second-order valence-corrected chi connectivity index (χ2v) is 5.44. The molecule has 21 heavy (non-hydrogen) atoms. The molecule has 0 saturated carbocycles. The van der Waals surface area contributed by atoms with E-state index in [1.54, 1.807) is 12.1 Å². The Kier molecular flexibility index (Phi) is 5.20. The fourth-order valence-electron chi connectivity index (χ4n) is 1.75. The summed E-state index contributed by atoms with van der Waals surface area (Å²) in [5, 5.41) is 0.413. The molecule has 0 heterocycles. The summed E-state index contributed by atoms with van der Waals surface area (Å²) in [5.74, 6) is 0.433. The molecule has 0 aliphatic heterocycles. The number of hydrogen-bond acceptors (Lipinski definition) is 3. The SMILES string of the molecule is COc1cc(C=O)cc(Br)c1OCc1cc(F)ccc1Cl. The van der Waals surface area contributed by atoms with Gasteiger partial charge in [0.15, 0.2) is 11.5 Å². The predicted octanol–water partition coefficient (Wildman–Crippen LogP) is 4.64. The van der Waals surface area contributed by atoms with Gasteiger partial charge in [-0.25, -0.2) is 4.39 Å². The van der Waals surface area contributed by atoms with E-state index in [1.165, 1.54) is 25.3 Å². The van der Waals surface area contributed by atoms with Crippen molar-refractivity contribution in [3.63, 3.8) is 0 Å². The molecule has 6 heteroatoms. The lowest BCUT2D eigenvalue weighted by molar-refractivity contribution is 0.112. The molecule has 0 aliphatic rings. The van der Waals surface area contributed by atoms with Crippen LogP contribution in [0.25, 0.3) is 0 Å². The van der Waals surface area contributed by atoms with Gasteiger partial charge in [-0.15, -0.1) is 0 Å². The first-order valence-electron chi connectivity index (χ1n) is 5.94. The molecule has 0 radical (unpaired) electrons. The van der Waals surface area contributed by atoms with E-state index in [1.807, 2.05) is 0 Å². The number of carbonyl (C=O) groups excluding carboxylic acids is 1. The highest BCUT2D eigenvalue weighted by Gasteiger charge is 2.13. The van der Waals surface area contributed by atoms with Gasteiger partial charge in [0.25, 0.3) is 0 Å². The van der Waals surface area contributed by atoms with Gasteiger partial charge in [0.05, 0.1) is 11.6 Å². The average Bonchev–Trinajstić information content (AvgIpc) is 2.48. The highest BCUT2D eigenvalue weighted by molar-refractivity contribution is 9.10. The summed E-state index contributed by atoms with van der Waals surface area (Å²) in [6, 6.07) is 7.22. The monoisotopic (exact) mass is 372 g/mol. The van der Waals surface area contributed by atoms with E-state index in [2.05, 4.69) is 15.9 Å². The maximum Gasteiger partial charge on any atom is 0.175 e. The number of ether oxygens (including phenoxy) is 2. The van der Waals surface area contributed by atoms with E-state index in [0.29, 0.717) is 38.4 Å². The van der Waals surface area contributed by atoms with Crippen LogP contribution in [0, 0.1) is 5.82 Å². The molecule has 0 N–H and O–H groups in total. The molecule has 0 spiro atoms. The van der Waals surface area contributed by atoms with Crippen molar-refractivity contribution in [2.45, 2.75) is 6.61 Å². The molecule has 110 valence electrons. The molecule has 0 saturated heterocycles. The summed E-state index contributed by atoms with van der Waals surface area (Å²) in [6.07, 6.45) is 0.709. The number of methoxy groups -OCH3 is 1. The van der Waals surface area contributed by atoms with Crippen LogP contribution in [0.3, 0.4) is 0 Å². The van der Waals surface area contributed by atoms with Gasteiger partial charge in [-0.3, -0.25) is 4.79 Å². The van der Waals surface area contributed by atoms with Crippen molar-refractivity contribution in [2.24, 2.45) is 0 Å². The van der Waals surface area contributed by atoms with Crippen LogP contribution in [0.1, 0.15) is 15.9 Å². The van der Waals surface area contributed by atoms with E-state index in [9.17, 15) is 9.18 Å². The Morgan fingerprint density at radius 3 is 2.76 bits per heavy atom. The maximum absolute atomic E-state index is 13.2. The Morgan fingerprint density at radius 2 is 2.10 bits per heavy atom. The van der Waals surface area contributed by atoms with Crippen LogP contribution in [0.4, 0.5) is 4.39 Å².